The molecule has 0 atom stereocenters. The third-order valence-corrected chi connectivity index (χ3v) is 3.78. The van der Waals surface area contributed by atoms with Crippen LogP contribution in [0.25, 0.3) is 0 Å². The van der Waals surface area contributed by atoms with Crippen LogP contribution in [0.4, 0.5) is 5.69 Å². The van der Waals surface area contributed by atoms with Gasteiger partial charge in [0.15, 0.2) is 0 Å². The van der Waals surface area contributed by atoms with E-state index in [1.807, 2.05) is 25.1 Å². The van der Waals surface area contributed by atoms with Crippen LogP contribution in [0.3, 0.4) is 0 Å². The largest absolute Gasteiger partial charge is 0.381 e. The zero-order chi connectivity index (χ0) is 15.4. The smallest absolute Gasteiger partial charge is 0.251 e. The molecule has 2 N–H and O–H groups in total. The molecule has 2 rings (SSSR count). The summed E-state index contributed by atoms with van der Waals surface area (Å²) in [6.45, 7) is 6.94. The van der Waals surface area contributed by atoms with Gasteiger partial charge in [-0.15, -0.1) is 0 Å². The molecule has 2 aromatic carbocycles. The van der Waals surface area contributed by atoms with Crippen LogP contribution < -0.4 is 10.6 Å². The second kappa shape index (κ2) is 6.44. The molecule has 2 aromatic rings. The molecule has 0 saturated heterocycles. The molecule has 3 heteroatoms. The number of hydrogen-bond donors (Lipinski definition) is 2. The van der Waals surface area contributed by atoms with E-state index in [0.717, 1.165) is 17.8 Å². The number of carbonyl (C=O) groups is 1. The Kier molecular flexibility index (Phi) is 4.63. The minimum absolute atomic E-state index is 0.0529. The van der Waals surface area contributed by atoms with Crippen molar-refractivity contribution in [1.82, 2.24) is 5.32 Å². The second-order valence-electron chi connectivity index (χ2n) is 5.34. The Morgan fingerprint density at radius 1 is 1.10 bits per heavy atom. The summed E-state index contributed by atoms with van der Waals surface area (Å²) in [6.07, 6.45) is 0. The summed E-state index contributed by atoms with van der Waals surface area (Å²) in [5.41, 5.74) is 6.49. The van der Waals surface area contributed by atoms with Crippen molar-refractivity contribution in [2.24, 2.45) is 0 Å². The Morgan fingerprint density at radius 3 is 2.57 bits per heavy atom. The van der Waals surface area contributed by atoms with Gasteiger partial charge in [0, 0.05) is 24.8 Å². The van der Waals surface area contributed by atoms with Crippen molar-refractivity contribution >= 4 is 11.6 Å². The van der Waals surface area contributed by atoms with Crippen molar-refractivity contribution < 1.29 is 4.79 Å². The lowest BCUT2D eigenvalue weighted by Gasteiger charge is -2.14. The van der Waals surface area contributed by atoms with Gasteiger partial charge < -0.3 is 10.6 Å². The molecule has 0 aliphatic carbocycles. The van der Waals surface area contributed by atoms with Gasteiger partial charge in [-0.05, 0) is 49.6 Å². The quantitative estimate of drug-likeness (QED) is 0.900. The normalized spacial score (nSPS) is 10.3. The molecule has 0 radical (unpaired) electrons. The van der Waals surface area contributed by atoms with Gasteiger partial charge in [-0.1, -0.05) is 29.8 Å². The third kappa shape index (κ3) is 3.43. The van der Waals surface area contributed by atoms with E-state index in [2.05, 4.69) is 42.7 Å². The SMILES string of the molecule is CNC(=O)c1cccc(NCc2cc(C)ccc2C)c1C. The lowest BCUT2D eigenvalue weighted by Crippen LogP contribution is -2.19. The Balaban J connectivity index is 2.21. The first-order chi connectivity index (χ1) is 10.0. The highest BCUT2D eigenvalue weighted by Crippen LogP contribution is 2.20. The molecule has 0 unspecified atom stereocenters. The second-order valence-corrected chi connectivity index (χ2v) is 5.34. The number of benzene rings is 2. The highest BCUT2D eigenvalue weighted by Gasteiger charge is 2.10. The molecule has 0 aliphatic rings. The Morgan fingerprint density at radius 2 is 1.86 bits per heavy atom. The predicted octanol–water partition coefficient (Wildman–Crippen LogP) is 3.58. The molecular formula is C18H22N2O. The molecule has 1 amide bonds. The third-order valence-electron chi connectivity index (χ3n) is 3.78. The minimum atomic E-state index is -0.0529. The first kappa shape index (κ1) is 15.1. The lowest BCUT2D eigenvalue weighted by molar-refractivity contribution is 0.0962. The summed E-state index contributed by atoms with van der Waals surface area (Å²) >= 11 is 0. The first-order valence-corrected chi connectivity index (χ1v) is 7.14. The predicted molar refractivity (Wildman–Crippen MR) is 87.8 cm³/mol. The van der Waals surface area contributed by atoms with Gasteiger partial charge >= 0.3 is 0 Å². The summed E-state index contributed by atoms with van der Waals surface area (Å²) < 4.78 is 0. The minimum Gasteiger partial charge on any atom is -0.381 e. The maximum atomic E-state index is 11.8. The van der Waals surface area contributed by atoms with Crippen LogP contribution in [-0.4, -0.2) is 13.0 Å². The summed E-state index contributed by atoms with van der Waals surface area (Å²) in [5, 5.41) is 6.11. The molecule has 0 heterocycles. The summed E-state index contributed by atoms with van der Waals surface area (Å²) in [6, 6.07) is 12.2. The molecular weight excluding hydrogens is 260 g/mol. The van der Waals surface area contributed by atoms with Gasteiger partial charge in [0.1, 0.15) is 0 Å². The zero-order valence-electron chi connectivity index (χ0n) is 13.1. The summed E-state index contributed by atoms with van der Waals surface area (Å²) in [4.78, 5) is 11.8. The molecule has 0 fully saturated rings. The van der Waals surface area contributed by atoms with Crippen molar-refractivity contribution in [1.29, 1.82) is 0 Å². The van der Waals surface area contributed by atoms with Crippen LogP contribution >= 0.6 is 0 Å². The van der Waals surface area contributed by atoms with E-state index in [1.54, 1.807) is 7.05 Å². The zero-order valence-corrected chi connectivity index (χ0v) is 13.1. The standard InChI is InChI=1S/C18H22N2O/c1-12-8-9-13(2)15(10-12)11-20-17-7-5-6-16(14(17)3)18(21)19-4/h5-10,20H,11H2,1-4H3,(H,19,21). The highest BCUT2D eigenvalue weighted by molar-refractivity contribution is 5.96. The van der Waals surface area contributed by atoms with Crippen LogP contribution in [0.15, 0.2) is 36.4 Å². The number of carbonyl (C=O) groups excluding carboxylic acids is 1. The van der Waals surface area contributed by atoms with E-state index >= 15 is 0 Å². The average molecular weight is 282 g/mol. The van der Waals surface area contributed by atoms with Crippen LogP contribution in [0.5, 0.6) is 0 Å². The maximum absolute atomic E-state index is 11.8. The summed E-state index contributed by atoms with van der Waals surface area (Å²) in [5.74, 6) is -0.0529. The Bertz CT molecular complexity index is 662. The molecule has 21 heavy (non-hydrogen) atoms. The van der Waals surface area contributed by atoms with Crippen LogP contribution in [0.1, 0.15) is 32.6 Å². The highest BCUT2D eigenvalue weighted by atomic mass is 16.1. The fourth-order valence-corrected chi connectivity index (χ4v) is 2.39. The molecule has 0 aromatic heterocycles. The Labute approximate surface area is 126 Å². The molecule has 0 saturated carbocycles. The van der Waals surface area contributed by atoms with Gasteiger partial charge in [0.25, 0.3) is 5.91 Å². The number of aryl methyl sites for hydroxylation is 2. The number of nitrogens with one attached hydrogen (secondary N) is 2. The van der Waals surface area contributed by atoms with E-state index in [1.165, 1.54) is 16.7 Å². The molecule has 3 nitrogen and oxygen atoms in total. The summed E-state index contributed by atoms with van der Waals surface area (Å²) in [7, 11) is 1.65. The van der Waals surface area contributed by atoms with E-state index < -0.39 is 0 Å². The van der Waals surface area contributed by atoms with Gasteiger partial charge in [-0.2, -0.15) is 0 Å². The van der Waals surface area contributed by atoms with E-state index in [4.69, 9.17) is 0 Å². The van der Waals surface area contributed by atoms with Crippen molar-refractivity contribution in [3.05, 3.63) is 64.2 Å². The van der Waals surface area contributed by atoms with Crippen LogP contribution in [0.2, 0.25) is 0 Å². The van der Waals surface area contributed by atoms with Gasteiger partial charge in [0.05, 0.1) is 0 Å². The molecule has 110 valence electrons. The maximum Gasteiger partial charge on any atom is 0.251 e. The number of amides is 1. The number of hydrogen-bond acceptors (Lipinski definition) is 2. The average Bonchev–Trinajstić information content (AvgIpc) is 2.48. The van der Waals surface area contributed by atoms with Crippen LogP contribution in [0, 0.1) is 20.8 Å². The topological polar surface area (TPSA) is 41.1 Å². The van der Waals surface area contributed by atoms with Gasteiger partial charge in [-0.3, -0.25) is 4.79 Å². The lowest BCUT2D eigenvalue weighted by atomic mass is 10.0. The fourth-order valence-electron chi connectivity index (χ4n) is 2.39. The fraction of sp³-hybridized carbons (Fsp3) is 0.278. The van der Waals surface area contributed by atoms with E-state index in [0.29, 0.717) is 5.56 Å². The molecule has 0 aliphatic heterocycles. The van der Waals surface area contributed by atoms with E-state index in [-0.39, 0.29) is 5.91 Å². The van der Waals surface area contributed by atoms with Gasteiger partial charge in [-0.25, -0.2) is 0 Å². The molecule has 0 spiro atoms. The number of rotatable bonds is 4. The van der Waals surface area contributed by atoms with Gasteiger partial charge in [0.2, 0.25) is 0 Å². The van der Waals surface area contributed by atoms with Crippen molar-refractivity contribution in [2.75, 3.05) is 12.4 Å². The van der Waals surface area contributed by atoms with Crippen molar-refractivity contribution in [3.63, 3.8) is 0 Å². The Hall–Kier alpha value is -2.29. The first-order valence-electron chi connectivity index (χ1n) is 7.14. The van der Waals surface area contributed by atoms with Crippen molar-refractivity contribution in [2.45, 2.75) is 27.3 Å². The molecule has 0 bridgehead atoms. The monoisotopic (exact) mass is 282 g/mol. The van der Waals surface area contributed by atoms with Crippen molar-refractivity contribution in [3.8, 4) is 0 Å². The van der Waals surface area contributed by atoms with E-state index in [9.17, 15) is 4.79 Å². The number of anilines is 1. The van der Waals surface area contributed by atoms with Crippen LogP contribution in [-0.2, 0) is 6.54 Å².